The van der Waals surface area contributed by atoms with Crippen LogP contribution in [0, 0.1) is 10.1 Å². The second kappa shape index (κ2) is 4.52. The normalized spacial score (nSPS) is 15.3. The Kier molecular flexibility index (Phi) is 3.05. The number of nitro groups is 1. The van der Waals surface area contributed by atoms with E-state index < -0.39 is 4.92 Å². The predicted octanol–water partition coefficient (Wildman–Crippen LogP) is 1.04. The van der Waals surface area contributed by atoms with Gasteiger partial charge in [0.2, 0.25) is 0 Å². The molecule has 96 valence electrons. The molecule has 1 heterocycles. The molecule has 0 saturated carbocycles. The molecule has 0 aliphatic carbocycles. The highest BCUT2D eigenvalue weighted by Crippen LogP contribution is 2.22. The van der Waals surface area contributed by atoms with E-state index in [0.29, 0.717) is 30.9 Å². The summed E-state index contributed by atoms with van der Waals surface area (Å²) in [6, 6.07) is 4.19. The van der Waals surface area contributed by atoms with Crippen LogP contribution in [0.5, 0.6) is 0 Å². The molecule has 1 aromatic rings. The first kappa shape index (κ1) is 12.2. The predicted molar refractivity (Wildman–Crippen MR) is 65.9 cm³/mol. The average molecular weight is 250 g/mol. The molecule has 0 unspecified atom stereocenters. The van der Waals surface area contributed by atoms with Crippen molar-refractivity contribution in [2.75, 3.05) is 25.9 Å². The van der Waals surface area contributed by atoms with Gasteiger partial charge in [0.1, 0.15) is 0 Å². The first-order chi connectivity index (χ1) is 8.49. The van der Waals surface area contributed by atoms with Crippen LogP contribution in [0.25, 0.3) is 0 Å². The van der Waals surface area contributed by atoms with Gasteiger partial charge in [0.15, 0.2) is 0 Å². The molecule has 18 heavy (non-hydrogen) atoms. The van der Waals surface area contributed by atoms with Crippen molar-refractivity contribution in [3.8, 4) is 0 Å². The number of amides is 2. The average Bonchev–Trinajstić information content (AvgIpc) is 2.63. The molecular weight excluding hydrogens is 236 g/mol. The van der Waals surface area contributed by atoms with E-state index in [1.165, 1.54) is 18.2 Å². The van der Waals surface area contributed by atoms with Crippen LogP contribution in [0.3, 0.4) is 0 Å². The number of non-ortho nitro benzene ring substituents is 1. The minimum Gasteiger partial charge on any atom is -0.398 e. The number of urea groups is 1. The number of rotatable bonds is 3. The lowest BCUT2D eigenvalue weighted by atomic mass is 10.1. The second-order valence-corrected chi connectivity index (χ2v) is 4.27. The van der Waals surface area contributed by atoms with Crippen LogP contribution in [-0.2, 0) is 6.54 Å². The third-order valence-corrected chi connectivity index (χ3v) is 3.00. The Bertz CT molecular complexity index is 503. The third kappa shape index (κ3) is 2.20. The summed E-state index contributed by atoms with van der Waals surface area (Å²) in [7, 11) is 1.72. The maximum Gasteiger partial charge on any atom is 0.320 e. The first-order valence-corrected chi connectivity index (χ1v) is 5.52. The van der Waals surface area contributed by atoms with Crippen molar-refractivity contribution in [1.82, 2.24) is 9.80 Å². The number of anilines is 1. The summed E-state index contributed by atoms with van der Waals surface area (Å²) in [5.74, 6) is 0. The van der Waals surface area contributed by atoms with Crippen LogP contribution in [0.1, 0.15) is 5.56 Å². The molecule has 7 heteroatoms. The number of hydrogen-bond donors (Lipinski definition) is 1. The van der Waals surface area contributed by atoms with E-state index in [-0.39, 0.29) is 11.7 Å². The highest BCUT2D eigenvalue weighted by Gasteiger charge is 2.26. The maximum atomic E-state index is 11.7. The minimum absolute atomic E-state index is 0.0146. The largest absolute Gasteiger partial charge is 0.398 e. The van der Waals surface area contributed by atoms with Crippen LogP contribution >= 0.6 is 0 Å². The molecule has 1 fully saturated rings. The lowest BCUT2D eigenvalue weighted by Crippen LogP contribution is -2.29. The van der Waals surface area contributed by atoms with Gasteiger partial charge in [-0.2, -0.15) is 0 Å². The molecule has 1 aliphatic heterocycles. The number of nitro benzene ring substituents is 1. The molecule has 0 atom stereocenters. The van der Waals surface area contributed by atoms with Gasteiger partial charge in [0, 0.05) is 50.1 Å². The van der Waals surface area contributed by atoms with Gasteiger partial charge in [-0.15, -0.1) is 0 Å². The Morgan fingerprint density at radius 1 is 1.44 bits per heavy atom. The van der Waals surface area contributed by atoms with E-state index in [9.17, 15) is 14.9 Å². The summed E-state index contributed by atoms with van der Waals surface area (Å²) < 4.78 is 0. The number of hydrogen-bond acceptors (Lipinski definition) is 4. The maximum absolute atomic E-state index is 11.7. The fraction of sp³-hybridized carbons (Fsp3) is 0.364. The van der Waals surface area contributed by atoms with E-state index in [4.69, 9.17) is 5.73 Å². The van der Waals surface area contributed by atoms with Gasteiger partial charge in [0.25, 0.3) is 5.69 Å². The Hall–Kier alpha value is -2.31. The van der Waals surface area contributed by atoms with Crippen LogP contribution in [-0.4, -0.2) is 40.9 Å². The van der Waals surface area contributed by atoms with Gasteiger partial charge < -0.3 is 15.5 Å². The molecule has 0 bridgehead atoms. The molecule has 1 aliphatic rings. The topological polar surface area (TPSA) is 92.7 Å². The smallest absolute Gasteiger partial charge is 0.320 e. The summed E-state index contributed by atoms with van der Waals surface area (Å²) in [4.78, 5) is 25.2. The zero-order valence-corrected chi connectivity index (χ0v) is 10.00. The van der Waals surface area contributed by atoms with Gasteiger partial charge in [-0.25, -0.2) is 4.79 Å². The third-order valence-electron chi connectivity index (χ3n) is 3.00. The molecule has 2 amide bonds. The van der Waals surface area contributed by atoms with Crippen LogP contribution in [0.4, 0.5) is 16.2 Å². The lowest BCUT2D eigenvalue weighted by molar-refractivity contribution is -0.384. The van der Waals surface area contributed by atoms with E-state index in [1.54, 1.807) is 16.8 Å². The Balaban J connectivity index is 2.21. The highest BCUT2D eigenvalue weighted by molar-refractivity contribution is 5.76. The van der Waals surface area contributed by atoms with Crippen LogP contribution in [0.2, 0.25) is 0 Å². The molecule has 2 rings (SSSR count). The lowest BCUT2D eigenvalue weighted by Gasteiger charge is -2.16. The summed E-state index contributed by atoms with van der Waals surface area (Å²) in [6.07, 6.45) is 0. The van der Waals surface area contributed by atoms with Crippen molar-refractivity contribution in [1.29, 1.82) is 0 Å². The number of benzene rings is 1. The van der Waals surface area contributed by atoms with E-state index >= 15 is 0 Å². The number of nitrogens with two attached hydrogens (primary N) is 1. The van der Waals surface area contributed by atoms with Crippen molar-refractivity contribution < 1.29 is 9.72 Å². The monoisotopic (exact) mass is 250 g/mol. The van der Waals surface area contributed by atoms with Gasteiger partial charge in [-0.1, -0.05) is 0 Å². The van der Waals surface area contributed by atoms with E-state index in [1.807, 2.05) is 0 Å². The summed E-state index contributed by atoms with van der Waals surface area (Å²) in [5.41, 5.74) is 6.82. The van der Waals surface area contributed by atoms with E-state index in [0.717, 1.165) is 0 Å². The first-order valence-electron chi connectivity index (χ1n) is 5.52. The van der Waals surface area contributed by atoms with Crippen molar-refractivity contribution in [2.24, 2.45) is 0 Å². The van der Waals surface area contributed by atoms with Crippen molar-refractivity contribution in [3.05, 3.63) is 33.9 Å². The molecule has 1 aromatic carbocycles. The molecule has 2 N–H and O–H groups in total. The minimum atomic E-state index is -0.471. The molecule has 7 nitrogen and oxygen atoms in total. The molecule has 0 aromatic heterocycles. The van der Waals surface area contributed by atoms with Crippen LogP contribution < -0.4 is 5.73 Å². The zero-order chi connectivity index (χ0) is 13.3. The number of nitrogen functional groups attached to an aromatic ring is 1. The summed E-state index contributed by atoms with van der Waals surface area (Å²) in [5, 5.41) is 10.7. The Labute approximate surface area is 104 Å². The molecule has 0 spiro atoms. The number of carbonyl (C=O) groups excluding carboxylic acids is 1. The molecular formula is C11H14N4O3. The SMILES string of the molecule is CN1CCN(Cc2cc([N+](=O)[O-])ccc2N)C1=O. The zero-order valence-electron chi connectivity index (χ0n) is 10.00. The number of likely N-dealkylation sites (N-methyl/N-ethyl adjacent to an activating group) is 1. The van der Waals surface area contributed by atoms with Crippen molar-refractivity contribution in [3.63, 3.8) is 0 Å². The summed E-state index contributed by atoms with van der Waals surface area (Å²) in [6.45, 7) is 1.57. The van der Waals surface area contributed by atoms with Crippen LogP contribution in [0.15, 0.2) is 18.2 Å². The number of carbonyl (C=O) groups is 1. The quantitative estimate of drug-likeness (QED) is 0.493. The van der Waals surface area contributed by atoms with Gasteiger partial charge >= 0.3 is 6.03 Å². The Morgan fingerprint density at radius 2 is 2.17 bits per heavy atom. The number of nitrogens with zero attached hydrogens (tertiary/aromatic N) is 3. The Morgan fingerprint density at radius 3 is 2.72 bits per heavy atom. The summed E-state index contributed by atoms with van der Waals surface area (Å²) >= 11 is 0. The van der Waals surface area contributed by atoms with Gasteiger partial charge in [-0.3, -0.25) is 10.1 Å². The van der Waals surface area contributed by atoms with E-state index in [2.05, 4.69) is 0 Å². The highest BCUT2D eigenvalue weighted by atomic mass is 16.6. The molecule has 0 radical (unpaired) electrons. The van der Waals surface area contributed by atoms with Gasteiger partial charge in [0.05, 0.1) is 4.92 Å². The fourth-order valence-electron chi connectivity index (χ4n) is 1.90. The van der Waals surface area contributed by atoms with Crippen molar-refractivity contribution >= 4 is 17.4 Å². The second-order valence-electron chi connectivity index (χ2n) is 4.27. The molecule has 1 saturated heterocycles. The van der Waals surface area contributed by atoms with Crippen molar-refractivity contribution in [2.45, 2.75) is 6.54 Å². The fourth-order valence-corrected chi connectivity index (χ4v) is 1.90. The van der Waals surface area contributed by atoms with Gasteiger partial charge in [-0.05, 0) is 6.07 Å². The standard InChI is InChI=1S/C11H14N4O3/c1-13-4-5-14(11(13)16)7-8-6-9(15(17)18)2-3-10(8)12/h2-3,6H,4-5,7,12H2,1H3.